The van der Waals surface area contributed by atoms with Crippen molar-refractivity contribution in [3.05, 3.63) is 53.3 Å². The standard InChI is InChI=1S/C15H13FN2O3S/c1-21-11-4-2-3-9(13(11)16)15-17-10-6-5-8(14(19)18-20)7-12(10)22-15/h2-7,15,17,20H,1H3,(H,18,19). The van der Waals surface area contributed by atoms with Crippen LogP contribution in [0.1, 0.15) is 21.3 Å². The maximum atomic E-state index is 14.3. The Hall–Kier alpha value is -2.25. The Morgan fingerprint density at radius 3 is 2.95 bits per heavy atom. The van der Waals surface area contributed by atoms with Gasteiger partial charge in [0.25, 0.3) is 5.91 Å². The molecule has 1 atom stereocenters. The van der Waals surface area contributed by atoms with E-state index in [0.717, 1.165) is 10.6 Å². The first-order valence-electron chi connectivity index (χ1n) is 6.48. The van der Waals surface area contributed by atoms with Gasteiger partial charge in [-0.05, 0) is 24.3 Å². The summed E-state index contributed by atoms with van der Waals surface area (Å²) in [6, 6.07) is 9.95. The van der Waals surface area contributed by atoms with Gasteiger partial charge >= 0.3 is 0 Å². The van der Waals surface area contributed by atoms with Gasteiger partial charge < -0.3 is 10.1 Å². The van der Waals surface area contributed by atoms with Crippen LogP contribution in [-0.4, -0.2) is 18.2 Å². The minimum Gasteiger partial charge on any atom is -0.494 e. The lowest BCUT2D eigenvalue weighted by Crippen LogP contribution is -2.18. The number of hydrogen-bond acceptors (Lipinski definition) is 5. The molecule has 2 aromatic carbocycles. The van der Waals surface area contributed by atoms with Crippen LogP contribution in [0.2, 0.25) is 0 Å². The van der Waals surface area contributed by atoms with Crippen LogP contribution in [-0.2, 0) is 0 Å². The van der Waals surface area contributed by atoms with E-state index in [0.29, 0.717) is 11.1 Å². The number of methoxy groups -OCH3 is 1. The number of fused-ring (bicyclic) bond motifs is 1. The highest BCUT2D eigenvalue weighted by Gasteiger charge is 2.27. The second-order valence-electron chi connectivity index (χ2n) is 4.66. The van der Waals surface area contributed by atoms with Crippen molar-refractivity contribution in [2.75, 3.05) is 12.4 Å². The molecule has 1 aliphatic rings. The van der Waals surface area contributed by atoms with Gasteiger partial charge in [0, 0.05) is 21.7 Å². The van der Waals surface area contributed by atoms with Gasteiger partial charge in [-0.2, -0.15) is 0 Å². The summed E-state index contributed by atoms with van der Waals surface area (Å²) in [5.41, 5.74) is 3.22. The van der Waals surface area contributed by atoms with E-state index in [1.165, 1.54) is 18.9 Å². The van der Waals surface area contributed by atoms with Crippen molar-refractivity contribution >= 4 is 23.4 Å². The molecule has 114 valence electrons. The van der Waals surface area contributed by atoms with Crippen LogP contribution in [0.3, 0.4) is 0 Å². The predicted molar refractivity (Wildman–Crippen MR) is 80.9 cm³/mol. The van der Waals surface area contributed by atoms with E-state index in [9.17, 15) is 9.18 Å². The van der Waals surface area contributed by atoms with Gasteiger partial charge in [0.2, 0.25) is 0 Å². The third kappa shape index (κ3) is 2.49. The summed E-state index contributed by atoms with van der Waals surface area (Å²) < 4.78 is 19.3. The van der Waals surface area contributed by atoms with E-state index < -0.39 is 11.7 Å². The first-order chi connectivity index (χ1) is 10.6. The molecule has 0 radical (unpaired) electrons. The smallest absolute Gasteiger partial charge is 0.274 e. The fraction of sp³-hybridized carbons (Fsp3) is 0.133. The summed E-state index contributed by atoms with van der Waals surface area (Å²) in [5, 5.41) is 11.6. The molecule has 0 bridgehead atoms. The fourth-order valence-corrected chi connectivity index (χ4v) is 3.47. The van der Waals surface area contributed by atoms with Crippen LogP contribution in [0, 0.1) is 5.82 Å². The van der Waals surface area contributed by atoms with Crippen molar-refractivity contribution in [1.29, 1.82) is 0 Å². The number of amides is 1. The molecule has 0 fully saturated rings. The Labute approximate surface area is 130 Å². The first kappa shape index (κ1) is 14.7. The molecule has 0 spiro atoms. The molecule has 7 heteroatoms. The second kappa shape index (κ2) is 5.86. The molecule has 1 unspecified atom stereocenters. The summed E-state index contributed by atoms with van der Waals surface area (Å²) >= 11 is 1.40. The van der Waals surface area contributed by atoms with E-state index in [1.54, 1.807) is 41.9 Å². The molecule has 0 aromatic heterocycles. The number of ether oxygens (including phenoxy) is 1. The largest absolute Gasteiger partial charge is 0.494 e. The van der Waals surface area contributed by atoms with Crippen LogP contribution in [0.15, 0.2) is 41.3 Å². The molecule has 3 rings (SSSR count). The van der Waals surface area contributed by atoms with Crippen LogP contribution in [0.4, 0.5) is 10.1 Å². The number of anilines is 1. The van der Waals surface area contributed by atoms with Gasteiger partial charge in [-0.1, -0.05) is 23.9 Å². The van der Waals surface area contributed by atoms with E-state index in [1.807, 2.05) is 0 Å². The van der Waals surface area contributed by atoms with Gasteiger partial charge in [-0.3, -0.25) is 10.0 Å². The summed E-state index contributed by atoms with van der Waals surface area (Å²) in [6.07, 6.45) is 0. The normalized spacial score (nSPS) is 15.9. The number of carbonyl (C=O) groups is 1. The molecule has 5 nitrogen and oxygen atoms in total. The van der Waals surface area contributed by atoms with Crippen molar-refractivity contribution in [2.45, 2.75) is 10.3 Å². The number of thioether (sulfide) groups is 1. The summed E-state index contributed by atoms with van der Waals surface area (Å²) in [4.78, 5) is 12.2. The number of hydroxylamine groups is 1. The third-order valence-corrected chi connectivity index (χ3v) is 4.57. The lowest BCUT2D eigenvalue weighted by molar-refractivity contribution is 0.0706. The maximum absolute atomic E-state index is 14.3. The average Bonchev–Trinajstić information content (AvgIpc) is 2.97. The highest BCUT2D eigenvalue weighted by molar-refractivity contribution is 8.00. The lowest BCUT2D eigenvalue weighted by Gasteiger charge is -2.13. The van der Waals surface area contributed by atoms with Gasteiger partial charge in [-0.25, -0.2) is 9.87 Å². The summed E-state index contributed by atoms with van der Waals surface area (Å²) in [5.74, 6) is -0.799. The van der Waals surface area contributed by atoms with Gasteiger partial charge in [0.15, 0.2) is 11.6 Å². The van der Waals surface area contributed by atoms with Crippen LogP contribution in [0.5, 0.6) is 5.75 Å². The lowest BCUT2D eigenvalue weighted by atomic mass is 10.1. The van der Waals surface area contributed by atoms with Gasteiger partial charge in [0.1, 0.15) is 5.37 Å². The summed E-state index contributed by atoms with van der Waals surface area (Å²) in [6.45, 7) is 0. The Morgan fingerprint density at radius 1 is 1.41 bits per heavy atom. The monoisotopic (exact) mass is 320 g/mol. The van der Waals surface area contributed by atoms with E-state index in [4.69, 9.17) is 9.94 Å². The molecule has 3 N–H and O–H groups in total. The predicted octanol–water partition coefficient (Wildman–Crippen LogP) is 3.17. The molecule has 0 saturated carbocycles. The van der Waals surface area contributed by atoms with E-state index >= 15 is 0 Å². The van der Waals surface area contributed by atoms with Gasteiger partial charge in [0.05, 0.1) is 7.11 Å². The topological polar surface area (TPSA) is 70.6 Å². The number of hydrogen-bond donors (Lipinski definition) is 3. The minimum absolute atomic E-state index is 0.191. The molecule has 1 aliphatic heterocycles. The van der Waals surface area contributed by atoms with Crippen molar-refractivity contribution in [3.8, 4) is 5.75 Å². The van der Waals surface area contributed by atoms with Crippen molar-refractivity contribution in [2.24, 2.45) is 0 Å². The summed E-state index contributed by atoms with van der Waals surface area (Å²) in [7, 11) is 1.42. The zero-order valence-electron chi connectivity index (χ0n) is 11.6. The molecule has 1 heterocycles. The quantitative estimate of drug-likeness (QED) is 0.598. The van der Waals surface area contributed by atoms with E-state index in [-0.39, 0.29) is 11.1 Å². The highest BCUT2D eigenvalue weighted by atomic mass is 32.2. The Bertz CT molecular complexity index is 739. The minimum atomic E-state index is -0.584. The zero-order valence-corrected chi connectivity index (χ0v) is 12.4. The Morgan fingerprint density at radius 2 is 2.23 bits per heavy atom. The second-order valence-corrected chi connectivity index (χ2v) is 5.80. The Balaban J connectivity index is 1.90. The SMILES string of the molecule is COc1cccc(C2Nc3ccc(C(=O)NO)cc3S2)c1F. The molecule has 2 aromatic rings. The van der Waals surface area contributed by atoms with Crippen molar-refractivity contribution in [3.63, 3.8) is 0 Å². The van der Waals surface area contributed by atoms with Crippen molar-refractivity contribution < 1.29 is 19.1 Å². The van der Waals surface area contributed by atoms with Crippen molar-refractivity contribution in [1.82, 2.24) is 5.48 Å². The fourth-order valence-electron chi connectivity index (χ4n) is 2.27. The molecular formula is C15H13FN2O3S. The molecule has 0 aliphatic carbocycles. The Kier molecular flexibility index (Phi) is 3.91. The molecular weight excluding hydrogens is 307 g/mol. The number of rotatable bonds is 3. The number of benzene rings is 2. The number of carbonyl (C=O) groups excluding carboxylic acids is 1. The molecule has 1 amide bonds. The van der Waals surface area contributed by atoms with Crippen LogP contribution < -0.4 is 15.5 Å². The third-order valence-electron chi connectivity index (χ3n) is 3.37. The average molecular weight is 320 g/mol. The van der Waals surface area contributed by atoms with Crippen LogP contribution in [0.25, 0.3) is 0 Å². The van der Waals surface area contributed by atoms with Crippen LogP contribution >= 0.6 is 11.8 Å². The number of halogens is 1. The first-order valence-corrected chi connectivity index (χ1v) is 7.36. The molecule has 0 saturated heterocycles. The maximum Gasteiger partial charge on any atom is 0.274 e. The molecule has 22 heavy (non-hydrogen) atoms. The number of nitrogens with one attached hydrogen (secondary N) is 2. The zero-order chi connectivity index (χ0) is 15.7. The van der Waals surface area contributed by atoms with Gasteiger partial charge in [-0.15, -0.1) is 0 Å². The highest BCUT2D eigenvalue weighted by Crippen LogP contribution is 2.47. The van der Waals surface area contributed by atoms with E-state index in [2.05, 4.69) is 5.32 Å².